The molecular formula is C9H20N. The van der Waals surface area contributed by atoms with Crippen molar-refractivity contribution in [1.82, 2.24) is 4.90 Å². The van der Waals surface area contributed by atoms with Crippen LogP contribution in [0.1, 0.15) is 27.2 Å². The molecule has 0 aromatic rings. The molecular weight excluding hydrogens is 122 g/mol. The highest BCUT2D eigenvalue weighted by Crippen LogP contribution is 1.98. The molecule has 0 rings (SSSR count). The van der Waals surface area contributed by atoms with Crippen molar-refractivity contribution in [1.29, 1.82) is 0 Å². The van der Waals surface area contributed by atoms with Crippen LogP contribution < -0.4 is 0 Å². The van der Waals surface area contributed by atoms with Gasteiger partial charge >= 0.3 is 0 Å². The van der Waals surface area contributed by atoms with Crippen molar-refractivity contribution in [2.24, 2.45) is 5.92 Å². The minimum absolute atomic E-state index is 0.772. The maximum absolute atomic E-state index is 3.88. The zero-order chi connectivity index (χ0) is 7.98. The highest BCUT2D eigenvalue weighted by molar-refractivity contribution is 4.59. The Kier molecular flexibility index (Phi) is 5.70. The molecule has 0 aliphatic rings. The molecule has 0 aliphatic heterocycles. The fourth-order valence-corrected chi connectivity index (χ4v) is 1.13. The maximum atomic E-state index is 3.88. The van der Waals surface area contributed by atoms with Gasteiger partial charge in [-0.05, 0) is 32.4 Å². The fourth-order valence-electron chi connectivity index (χ4n) is 1.13. The topological polar surface area (TPSA) is 3.24 Å². The molecule has 1 heteroatoms. The summed E-state index contributed by atoms with van der Waals surface area (Å²) in [6, 6.07) is 0. The van der Waals surface area contributed by atoms with Gasteiger partial charge in [-0.2, -0.15) is 0 Å². The van der Waals surface area contributed by atoms with Crippen LogP contribution in [0.15, 0.2) is 0 Å². The van der Waals surface area contributed by atoms with Crippen LogP contribution in [0.4, 0.5) is 0 Å². The third kappa shape index (κ3) is 4.80. The average Bonchev–Trinajstić information content (AvgIpc) is 1.86. The van der Waals surface area contributed by atoms with Crippen LogP contribution >= 0.6 is 0 Å². The third-order valence-electron chi connectivity index (χ3n) is 1.48. The minimum Gasteiger partial charge on any atom is -0.303 e. The van der Waals surface area contributed by atoms with Gasteiger partial charge in [0.1, 0.15) is 0 Å². The van der Waals surface area contributed by atoms with E-state index in [9.17, 15) is 0 Å². The Hall–Kier alpha value is -0.0400. The first-order chi connectivity index (χ1) is 4.70. The molecule has 0 aliphatic carbocycles. The summed E-state index contributed by atoms with van der Waals surface area (Å²) in [5, 5.41) is 0. The molecule has 0 aromatic carbocycles. The second kappa shape index (κ2) is 5.72. The first kappa shape index (κ1) is 9.96. The van der Waals surface area contributed by atoms with Gasteiger partial charge < -0.3 is 4.90 Å². The first-order valence-corrected chi connectivity index (χ1v) is 4.22. The van der Waals surface area contributed by atoms with Gasteiger partial charge in [0.2, 0.25) is 0 Å². The van der Waals surface area contributed by atoms with Crippen LogP contribution in [0, 0.1) is 12.8 Å². The Balaban J connectivity index is 3.39. The molecule has 61 valence electrons. The largest absolute Gasteiger partial charge is 0.303 e. The molecule has 0 saturated heterocycles. The lowest BCUT2D eigenvalue weighted by Gasteiger charge is -2.21. The molecule has 1 nitrogen and oxygen atoms in total. The van der Waals surface area contributed by atoms with Crippen molar-refractivity contribution in [2.45, 2.75) is 27.2 Å². The average molecular weight is 142 g/mol. The highest BCUT2D eigenvalue weighted by Gasteiger charge is 2.01. The van der Waals surface area contributed by atoms with Crippen LogP contribution in [0.3, 0.4) is 0 Å². The van der Waals surface area contributed by atoms with Crippen LogP contribution in [0.2, 0.25) is 0 Å². The van der Waals surface area contributed by atoms with E-state index in [4.69, 9.17) is 0 Å². The normalized spacial score (nSPS) is 11.4. The lowest BCUT2D eigenvalue weighted by molar-refractivity contribution is 0.268. The van der Waals surface area contributed by atoms with Gasteiger partial charge in [-0.1, -0.05) is 20.8 Å². The van der Waals surface area contributed by atoms with Gasteiger partial charge in [0, 0.05) is 6.54 Å². The third-order valence-corrected chi connectivity index (χ3v) is 1.48. The van der Waals surface area contributed by atoms with Gasteiger partial charge in [-0.15, -0.1) is 0 Å². The summed E-state index contributed by atoms with van der Waals surface area (Å²) in [5.41, 5.74) is 0. The molecule has 0 atom stereocenters. The van der Waals surface area contributed by atoms with Gasteiger partial charge in [-0.25, -0.2) is 0 Å². The predicted octanol–water partition coefficient (Wildman–Crippen LogP) is 2.19. The van der Waals surface area contributed by atoms with E-state index in [0.29, 0.717) is 0 Å². The molecule has 0 amide bonds. The lowest BCUT2D eigenvalue weighted by atomic mass is 10.2. The standard InChI is InChI=1S/C9H20N/c1-5-7-10(6-2)8-9(3)4/h9H,2,5-8H2,1,3-4H3. The molecule has 0 saturated carbocycles. The number of rotatable bonds is 5. The molecule has 0 fully saturated rings. The lowest BCUT2D eigenvalue weighted by Crippen LogP contribution is -2.28. The summed E-state index contributed by atoms with van der Waals surface area (Å²) in [6.07, 6.45) is 1.24. The van der Waals surface area contributed by atoms with Gasteiger partial charge in [0.15, 0.2) is 0 Å². The number of nitrogens with zero attached hydrogens (tertiary/aromatic N) is 1. The van der Waals surface area contributed by atoms with Crippen LogP contribution in [0.25, 0.3) is 0 Å². The van der Waals surface area contributed by atoms with E-state index in [1.165, 1.54) is 19.5 Å². The molecule has 0 unspecified atom stereocenters. The summed E-state index contributed by atoms with van der Waals surface area (Å²) in [4.78, 5) is 2.39. The first-order valence-electron chi connectivity index (χ1n) is 4.22. The molecule has 0 heterocycles. The van der Waals surface area contributed by atoms with E-state index in [2.05, 4.69) is 32.6 Å². The Morgan fingerprint density at radius 2 is 2.00 bits per heavy atom. The smallest absolute Gasteiger partial charge is 0.000438 e. The Bertz CT molecular complexity index is 69.1. The number of hydrogen-bond donors (Lipinski definition) is 0. The van der Waals surface area contributed by atoms with Crippen molar-refractivity contribution in [3.8, 4) is 0 Å². The monoisotopic (exact) mass is 142 g/mol. The maximum Gasteiger partial charge on any atom is 0.000438 e. The van der Waals surface area contributed by atoms with E-state index in [1.54, 1.807) is 0 Å². The van der Waals surface area contributed by atoms with Crippen molar-refractivity contribution >= 4 is 0 Å². The Labute approximate surface area is 65.4 Å². The Morgan fingerprint density at radius 3 is 2.30 bits per heavy atom. The molecule has 0 bridgehead atoms. The van der Waals surface area contributed by atoms with Gasteiger partial charge in [0.25, 0.3) is 0 Å². The zero-order valence-corrected chi connectivity index (χ0v) is 7.56. The SMILES string of the molecule is [CH2]CN(CCC)CC(C)C. The summed E-state index contributed by atoms with van der Waals surface area (Å²) >= 11 is 0. The van der Waals surface area contributed by atoms with E-state index >= 15 is 0 Å². The van der Waals surface area contributed by atoms with Crippen molar-refractivity contribution in [3.05, 3.63) is 6.92 Å². The second-order valence-electron chi connectivity index (χ2n) is 3.19. The summed E-state index contributed by atoms with van der Waals surface area (Å²) in [7, 11) is 0. The van der Waals surface area contributed by atoms with Crippen LogP contribution in [0.5, 0.6) is 0 Å². The van der Waals surface area contributed by atoms with E-state index in [-0.39, 0.29) is 0 Å². The fraction of sp³-hybridized carbons (Fsp3) is 0.889. The number of hydrogen-bond acceptors (Lipinski definition) is 1. The summed E-state index contributed by atoms with van der Waals surface area (Å²) in [5.74, 6) is 0.772. The molecule has 0 aromatic heterocycles. The van der Waals surface area contributed by atoms with Crippen molar-refractivity contribution < 1.29 is 0 Å². The molecule has 0 N–H and O–H groups in total. The summed E-state index contributed by atoms with van der Waals surface area (Å²) in [6.45, 7) is 13.9. The molecule has 0 spiro atoms. The molecule has 10 heavy (non-hydrogen) atoms. The van der Waals surface area contributed by atoms with E-state index in [0.717, 1.165) is 12.5 Å². The second-order valence-corrected chi connectivity index (χ2v) is 3.19. The van der Waals surface area contributed by atoms with E-state index in [1.807, 2.05) is 0 Å². The zero-order valence-electron chi connectivity index (χ0n) is 7.56. The van der Waals surface area contributed by atoms with Crippen molar-refractivity contribution in [2.75, 3.05) is 19.6 Å². The van der Waals surface area contributed by atoms with Gasteiger partial charge in [-0.3, -0.25) is 0 Å². The quantitative estimate of drug-likeness (QED) is 0.568. The Morgan fingerprint density at radius 1 is 1.40 bits per heavy atom. The van der Waals surface area contributed by atoms with E-state index < -0.39 is 0 Å². The van der Waals surface area contributed by atoms with Gasteiger partial charge in [0.05, 0.1) is 0 Å². The highest BCUT2D eigenvalue weighted by atomic mass is 15.1. The van der Waals surface area contributed by atoms with Crippen molar-refractivity contribution in [3.63, 3.8) is 0 Å². The molecule has 1 radical (unpaired) electrons. The van der Waals surface area contributed by atoms with Crippen LogP contribution in [-0.2, 0) is 0 Å². The van der Waals surface area contributed by atoms with Crippen LogP contribution in [-0.4, -0.2) is 24.5 Å². The summed E-state index contributed by atoms with van der Waals surface area (Å²) < 4.78 is 0. The predicted molar refractivity (Wildman–Crippen MR) is 46.9 cm³/mol. The minimum atomic E-state index is 0.772.